The fourth-order valence-corrected chi connectivity index (χ4v) is 2.81. The van der Waals surface area contributed by atoms with E-state index in [1.807, 2.05) is 6.92 Å². The Labute approximate surface area is 118 Å². The van der Waals surface area contributed by atoms with Crippen molar-refractivity contribution in [1.82, 2.24) is 9.78 Å². The molecule has 0 spiro atoms. The van der Waals surface area contributed by atoms with Gasteiger partial charge in [0.1, 0.15) is 5.69 Å². The SMILES string of the molecule is CCn1nc(-c2ccc3c(c2)CCCC3)cc(N)c1=O. The number of hydrogen-bond acceptors (Lipinski definition) is 3. The zero-order chi connectivity index (χ0) is 14.1. The van der Waals surface area contributed by atoms with Gasteiger partial charge in [0, 0.05) is 12.1 Å². The van der Waals surface area contributed by atoms with E-state index in [-0.39, 0.29) is 11.2 Å². The number of rotatable bonds is 2. The minimum absolute atomic E-state index is 0.214. The summed E-state index contributed by atoms with van der Waals surface area (Å²) < 4.78 is 1.42. The van der Waals surface area contributed by atoms with E-state index in [0.29, 0.717) is 6.54 Å². The van der Waals surface area contributed by atoms with Crippen LogP contribution in [0, 0.1) is 0 Å². The van der Waals surface area contributed by atoms with Crippen molar-refractivity contribution in [3.8, 4) is 11.3 Å². The van der Waals surface area contributed by atoms with Gasteiger partial charge in [0.25, 0.3) is 5.56 Å². The highest BCUT2D eigenvalue weighted by atomic mass is 16.1. The first kappa shape index (κ1) is 12.9. The predicted molar refractivity (Wildman–Crippen MR) is 80.7 cm³/mol. The summed E-state index contributed by atoms with van der Waals surface area (Å²) in [5.74, 6) is 0. The van der Waals surface area contributed by atoms with Gasteiger partial charge in [-0.15, -0.1) is 0 Å². The van der Waals surface area contributed by atoms with Gasteiger partial charge < -0.3 is 5.73 Å². The average Bonchev–Trinajstić information content (AvgIpc) is 2.49. The van der Waals surface area contributed by atoms with Crippen molar-refractivity contribution in [3.63, 3.8) is 0 Å². The van der Waals surface area contributed by atoms with Crippen LogP contribution in [0.15, 0.2) is 29.1 Å². The molecule has 0 fully saturated rings. The molecule has 0 radical (unpaired) electrons. The molecule has 0 atom stereocenters. The summed E-state index contributed by atoms with van der Waals surface area (Å²) in [5, 5.41) is 4.39. The Kier molecular flexibility index (Phi) is 3.30. The van der Waals surface area contributed by atoms with Crippen molar-refractivity contribution < 1.29 is 0 Å². The highest BCUT2D eigenvalue weighted by Crippen LogP contribution is 2.26. The van der Waals surface area contributed by atoms with Crippen molar-refractivity contribution in [2.24, 2.45) is 0 Å². The first-order valence-electron chi connectivity index (χ1n) is 7.19. The Hall–Kier alpha value is -2.10. The molecular formula is C16H19N3O. The number of benzene rings is 1. The van der Waals surface area contributed by atoms with Crippen LogP contribution in [0.4, 0.5) is 5.69 Å². The zero-order valence-electron chi connectivity index (χ0n) is 11.7. The van der Waals surface area contributed by atoms with E-state index in [1.165, 1.54) is 35.1 Å². The van der Waals surface area contributed by atoms with Gasteiger partial charge in [0.15, 0.2) is 0 Å². The molecular weight excluding hydrogens is 250 g/mol. The Morgan fingerprint density at radius 1 is 1.20 bits per heavy atom. The molecule has 1 aliphatic rings. The third-order valence-electron chi connectivity index (χ3n) is 3.95. The van der Waals surface area contributed by atoms with E-state index in [1.54, 1.807) is 6.07 Å². The lowest BCUT2D eigenvalue weighted by Crippen LogP contribution is -2.25. The van der Waals surface area contributed by atoms with Crippen LogP contribution < -0.4 is 11.3 Å². The first-order valence-corrected chi connectivity index (χ1v) is 7.19. The van der Waals surface area contributed by atoms with Crippen LogP contribution in [0.25, 0.3) is 11.3 Å². The van der Waals surface area contributed by atoms with Crippen LogP contribution >= 0.6 is 0 Å². The summed E-state index contributed by atoms with van der Waals surface area (Å²) in [4.78, 5) is 11.8. The van der Waals surface area contributed by atoms with Crippen LogP contribution in [0.1, 0.15) is 30.9 Å². The maximum absolute atomic E-state index is 11.8. The normalized spacial score (nSPS) is 14.1. The van der Waals surface area contributed by atoms with Crippen LogP contribution in [0.3, 0.4) is 0 Å². The largest absolute Gasteiger partial charge is 0.394 e. The molecule has 4 nitrogen and oxygen atoms in total. The van der Waals surface area contributed by atoms with Crippen LogP contribution in [0.2, 0.25) is 0 Å². The van der Waals surface area contributed by atoms with Gasteiger partial charge in [0.2, 0.25) is 0 Å². The van der Waals surface area contributed by atoms with E-state index in [0.717, 1.165) is 17.7 Å². The summed E-state index contributed by atoms with van der Waals surface area (Å²) in [6.07, 6.45) is 4.82. The average molecular weight is 269 g/mol. The maximum Gasteiger partial charge on any atom is 0.289 e. The lowest BCUT2D eigenvalue weighted by Gasteiger charge is -2.16. The molecule has 0 saturated carbocycles. The molecule has 20 heavy (non-hydrogen) atoms. The van der Waals surface area contributed by atoms with E-state index in [4.69, 9.17) is 5.73 Å². The Morgan fingerprint density at radius 3 is 2.70 bits per heavy atom. The number of hydrogen-bond donors (Lipinski definition) is 1. The second kappa shape index (κ2) is 5.12. The van der Waals surface area contributed by atoms with Gasteiger partial charge in [-0.1, -0.05) is 12.1 Å². The first-order chi connectivity index (χ1) is 9.69. The third-order valence-corrected chi connectivity index (χ3v) is 3.95. The smallest absolute Gasteiger partial charge is 0.289 e. The minimum Gasteiger partial charge on any atom is -0.394 e. The highest BCUT2D eigenvalue weighted by molar-refractivity contribution is 5.64. The van der Waals surface area contributed by atoms with Gasteiger partial charge in [-0.2, -0.15) is 5.10 Å². The third kappa shape index (κ3) is 2.22. The molecule has 0 saturated heterocycles. The molecule has 2 aromatic rings. The van der Waals surface area contributed by atoms with E-state index in [9.17, 15) is 4.79 Å². The fraction of sp³-hybridized carbons (Fsp3) is 0.375. The number of nitrogens with zero attached hydrogens (tertiary/aromatic N) is 2. The summed E-state index contributed by atoms with van der Waals surface area (Å²) in [5.41, 5.74) is 10.5. The molecule has 1 aromatic heterocycles. The maximum atomic E-state index is 11.8. The van der Waals surface area contributed by atoms with Crippen molar-refractivity contribution in [2.45, 2.75) is 39.2 Å². The predicted octanol–water partition coefficient (Wildman–Crippen LogP) is 2.39. The monoisotopic (exact) mass is 269 g/mol. The summed E-state index contributed by atoms with van der Waals surface area (Å²) in [6.45, 7) is 2.42. The lowest BCUT2D eigenvalue weighted by molar-refractivity contribution is 0.621. The van der Waals surface area contributed by atoms with Crippen molar-refractivity contribution >= 4 is 5.69 Å². The topological polar surface area (TPSA) is 60.9 Å². The quantitative estimate of drug-likeness (QED) is 0.910. The van der Waals surface area contributed by atoms with Gasteiger partial charge in [0.05, 0.1) is 5.69 Å². The number of nitrogens with two attached hydrogens (primary N) is 1. The van der Waals surface area contributed by atoms with Gasteiger partial charge in [-0.25, -0.2) is 4.68 Å². The molecule has 104 valence electrons. The minimum atomic E-state index is -0.214. The highest BCUT2D eigenvalue weighted by Gasteiger charge is 2.12. The van der Waals surface area contributed by atoms with Crippen molar-refractivity contribution in [1.29, 1.82) is 0 Å². The molecule has 2 N–H and O–H groups in total. The van der Waals surface area contributed by atoms with E-state index >= 15 is 0 Å². The molecule has 1 aromatic carbocycles. The van der Waals surface area contributed by atoms with Gasteiger partial charge in [-0.3, -0.25) is 4.79 Å². The summed E-state index contributed by atoms with van der Waals surface area (Å²) in [7, 11) is 0. The number of nitrogen functional groups attached to an aromatic ring is 1. The summed E-state index contributed by atoms with van der Waals surface area (Å²) >= 11 is 0. The Bertz CT molecular complexity index is 703. The molecule has 0 aliphatic heterocycles. The van der Waals surface area contributed by atoms with Crippen LogP contribution in [-0.2, 0) is 19.4 Å². The Balaban J connectivity index is 2.09. The standard InChI is InChI=1S/C16H19N3O/c1-2-19-16(20)14(17)10-15(18-19)13-8-7-11-5-3-4-6-12(11)9-13/h7-10H,2-6,17H2,1H3. The number of anilines is 1. The number of fused-ring (bicyclic) bond motifs is 1. The van der Waals surface area contributed by atoms with E-state index in [2.05, 4.69) is 23.3 Å². The molecule has 4 heteroatoms. The second-order valence-corrected chi connectivity index (χ2v) is 5.30. The zero-order valence-corrected chi connectivity index (χ0v) is 11.7. The molecule has 0 bridgehead atoms. The summed E-state index contributed by atoms with van der Waals surface area (Å²) in [6, 6.07) is 8.14. The van der Waals surface area contributed by atoms with Crippen LogP contribution in [-0.4, -0.2) is 9.78 Å². The number of aromatic nitrogens is 2. The number of aryl methyl sites for hydroxylation is 3. The molecule has 0 amide bonds. The van der Waals surface area contributed by atoms with Crippen molar-refractivity contribution in [3.05, 3.63) is 45.7 Å². The van der Waals surface area contributed by atoms with Crippen molar-refractivity contribution in [2.75, 3.05) is 5.73 Å². The fourth-order valence-electron chi connectivity index (χ4n) is 2.81. The second-order valence-electron chi connectivity index (χ2n) is 5.30. The molecule has 3 rings (SSSR count). The molecule has 1 aliphatic carbocycles. The van der Waals surface area contributed by atoms with Crippen LogP contribution in [0.5, 0.6) is 0 Å². The van der Waals surface area contributed by atoms with E-state index < -0.39 is 0 Å². The van der Waals surface area contributed by atoms with Gasteiger partial charge >= 0.3 is 0 Å². The molecule has 1 heterocycles. The lowest BCUT2D eigenvalue weighted by atomic mass is 9.90. The Morgan fingerprint density at radius 2 is 1.95 bits per heavy atom. The molecule has 0 unspecified atom stereocenters. The van der Waals surface area contributed by atoms with Gasteiger partial charge in [-0.05, 0) is 55.9 Å².